The van der Waals surface area contributed by atoms with Crippen molar-refractivity contribution < 1.29 is 13.2 Å². The van der Waals surface area contributed by atoms with Crippen molar-refractivity contribution in [1.82, 2.24) is 20.1 Å². The average molecular weight is 328 g/mol. The first-order valence-electron chi connectivity index (χ1n) is 8.21. The summed E-state index contributed by atoms with van der Waals surface area (Å²) in [5.41, 5.74) is 0.0253. The SMILES string of the molecule is FC(F)(F)c1ccc(CN2CCC(N3CCNCC3)CC2)cn1. The van der Waals surface area contributed by atoms with E-state index in [9.17, 15) is 13.2 Å². The molecule has 2 saturated heterocycles. The fourth-order valence-corrected chi connectivity index (χ4v) is 3.43. The van der Waals surface area contributed by atoms with Gasteiger partial charge in [0.05, 0.1) is 0 Å². The molecule has 3 heterocycles. The number of rotatable bonds is 3. The topological polar surface area (TPSA) is 31.4 Å². The van der Waals surface area contributed by atoms with Gasteiger partial charge in [-0.1, -0.05) is 6.07 Å². The van der Waals surface area contributed by atoms with Crippen molar-refractivity contribution in [2.75, 3.05) is 39.3 Å². The highest BCUT2D eigenvalue weighted by Crippen LogP contribution is 2.27. The molecule has 0 radical (unpaired) electrons. The third kappa shape index (κ3) is 4.43. The molecule has 7 heteroatoms. The number of pyridine rings is 1. The standard InChI is InChI=1S/C16H23F3N4/c17-16(18,19)15-2-1-13(11-21-15)12-22-7-3-14(4-8-22)23-9-5-20-6-10-23/h1-2,11,14,20H,3-10,12H2. The van der Waals surface area contributed by atoms with Gasteiger partial charge in [-0.25, -0.2) is 0 Å². The number of halogens is 3. The summed E-state index contributed by atoms with van der Waals surface area (Å²) in [6.07, 6.45) is -0.743. The zero-order valence-corrected chi connectivity index (χ0v) is 13.1. The Bertz CT molecular complexity index is 489. The summed E-state index contributed by atoms with van der Waals surface area (Å²) in [6, 6.07) is 3.26. The molecule has 3 rings (SSSR count). The molecule has 0 spiro atoms. The maximum absolute atomic E-state index is 12.5. The highest BCUT2D eigenvalue weighted by atomic mass is 19.4. The van der Waals surface area contributed by atoms with Gasteiger partial charge in [-0.05, 0) is 37.6 Å². The molecule has 1 aromatic heterocycles. The van der Waals surface area contributed by atoms with Crippen molar-refractivity contribution >= 4 is 0 Å². The summed E-state index contributed by atoms with van der Waals surface area (Å²) in [6.45, 7) is 7.04. The summed E-state index contributed by atoms with van der Waals surface area (Å²) in [5, 5.41) is 3.37. The van der Waals surface area contributed by atoms with Crippen LogP contribution in [-0.4, -0.2) is 60.1 Å². The minimum atomic E-state index is -4.36. The lowest BCUT2D eigenvalue weighted by Gasteiger charge is -2.40. The number of piperidine rings is 1. The Hall–Kier alpha value is -1.18. The molecule has 2 fully saturated rings. The number of piperazine rings is 1. The maximum atomic E-state index is 12.5. The molecule has 0 aliphatic carbocycles. The first kappa shape index (κ1) is 16.7. The predicted molar refractivity (Wildman–Crippen MR) is 82.0 cm³/mol. The van der Waals surface area contributed by atoms with Crippen LogP contribution in [0.1, 0.15) is 24.1 Å². The van der Waals surface area contributed by atoms with Gasteiger partial charge in [-0.3, -0.25) is 14.8 Å². The molecule has 0 amide bonds. The summed E-state index contributed by atoms with van der Waals surface area (Å²) >= 11 is 0. The third-order valence-electron chi connectivity index (χ3n) is 4.75. The number of hydrogen-bond acceptors (Lipinski definition) is 4. The molecule has 128 valence electrons. The minimum absolute atomic E-state index is 0.652. The van der Waals surface area contributed by atoms with Crippen LogP contribution in [0.4, 0.5) is 13.2 Å². The third-order valence-corrected chi connectivity index (χ3v) is 4.75. The number of likely N-dealkylation sites (tertiary alicyclic amines) is 1. The van der Waals surface area contributed by atoms with Gasteiger partial charge in [-0.15, -0.1) is 0 Å². The van der Waals surface area contributed by atoms with Crippen LogP contribution in [0, 0.1) is 0 Å². The lowest BCUT2D eigenvalue weighted by Crippen LogP contribution is -2.51. The molecular formula is C16H23F3N4. The molecule has 0 atom stereocenters. The van der Waals surface area contributed by atoms with E-state index < -0.39 is 11.9 Å². The van der Waals surface area contributed by atoms with Gasteiger partial charge in [0.1, 0.15) is 5.69 Å². The van der Waals surface area contributed by atoms with Crippen molar-refractivity contribution in [3.63, 3.8) is 0 Å². The van der Waals surface area contributed by atoms with E-state index in [0.717, 1.165) is 63.7 Å². The molecule has 0 bridgehead atoms. The maximum Gasteiger partial charge on any atom is 0.433 e. The van der Waals surface area contributed by atoms with Crippen LogP contribution >= 0.6 is 0 Å². The van der Waals surface area contributed by atoms with E-state index in [1.807, 2.05) is 0 Å². The van der Waals surface area contributed by atoms with Crippen molar-refractivity contribution in [2.24, 2.45) is 0 Å². The molecule has 0 unspecified atom stereocenters. The Morgan fingerprint density at radius 3 is 2.35 bits per heavy atom. The lowest BCUT2D eigenvalue weighted by molar-refractivity contribution is -0.141. The van der Waals surface area contributed by atoms with Crippen LogP contribution in [0.25, 0.3) is 0 Å². The van der Waals surface area contributed by atoms with Crippen molar-refractivity contribution in [3.05, 3.63) is 29.6 Å². The zero-order chi connectivity index (χ0) is 16.3. The molecule has 4 nitrogen and oxygen atoms in total. The Labute approximate surface area is 134 Å². The van der Waals surface area contributed by atoms with Crippen LogP contribution in [0.15, 0.2) is 18.3 Å². The quantitative estimate of drug-likeness (QED) is 0.919. The Morgan fingerprint density at radius 1 is 1.09 bits per heavy atom. The Kier molecular flexibility index (Phi) is 5.18. The van der Waals surface area contributed by atoms with Gasteiger partial charge in [0.25, 0.3) is 0 Å². The number of nitrogens with zero attached hydrogens (tertiary/aromatic N) is 3. The fraction of sp³-hybridized carbons (Fsp3) is 0.688. The number of alkyl halides is 3. The second-order valence-electron chi connectivity index (χ2n) is 6.34. The van der Waals surface area contributed by atoms with E-state index in [0.29, 0.717) is 12.6 Å². The molecule has 23 heavy (non-hydrogen) atoms. The highest BCUT2D eigenvalue weighted by molar-refractivity contribution is 5.16. The summed E-state index contributed by atoms with van der Waals surface area (Å²) in [4.78, 5) is 8.41. The summed E-state index contributed by atoms with van der Waals surface area (Å²) in [5.74, 6) is 0. The monoisotopic (exact) mass is 328 g/mol. The summed E-state index contributed by atoms with van der Waals surface area (Å²) in [7, 11) is 0. The molecular weight excluding hydrogens is 305 g/mol. The molecule has 0 saturated carbocycles. The van der Waals surface area contributed by atoms with Crippen molar-refractivity contribution in [3.8, 4) is 0 Å². The summed E-state index contributed by atoms with van der Waals surface area (Å²) < 4.78 is 37.5. The average Bonchev–Trinajstić information content (AvgIpc) is 2.56. The van der Waals surface area contributed by atoms with Crippen molar-refractivity contribution in [2.45, 2.75) is 31.6 Å². The highest BCUT2D eigenvalue weighted by Gasteiger charge is 2.32. The van der Waals surface area contributed by atoms with E-state index in [1.54, 1.807) is 0 Å². The lowest BCUT2D eigenvalue weighted by atomic mass is 10.0. The van der Waals surface area contributed by atoms with Crippen LogP contribution in [0.3, 0.4) is 0 Å². The molecule has 1 N–H and O–H groups in total. The first-order valence-corrected chi connectivity index (χ1v) is 8.21. The van der Waals surface area contributed by atoms with E-state index >= 15 is 0 Å². The number of nitrogens with one attached hydrogen (secondary N) is 1. The minimum Gasteiger partial charge on any atom is -0.314 e. The zero-order valence-electron chi connectivity index (χ0n) is 13.1. The van der Waals surface area contributed by atoms with Crippen molar-refractivity contribution in [1.29, 1.82) is 0 Å². The van der Waals surface area contributed by atoms with E-state index in [2.05, 4.69) is 20.1 Å². The van der Waals surface area contributed by atoms with E-state index in [1.165, 1.54) is 12.3 Å². The van der Waals surface area contributed by atoms with Gasteiger partial charge in [0.2, 0.25) is 0 Å². The molecule has 0 aromatic carbocycles. The van der Waals surface area contributed by atoms with E-state index in [-0.39, 0.29) is 0 Å². The first-order chi connectivity index (χ1) is 11.0. The van der Waals surface area contributed by atoms with Gasteiger partial charge < -0.3 is 5.32 Å². The van der Waals surface area contributed by atoms with Crippen LogP contribution in [0.2, 0.25) is 0 Å². The van der Waals surface area contributed by atoms with Gasteiger partial charge >= 0.3 is 6.18 Å². The molecule has 2 aliphatic rings. The smallest absolute Gasteiger partial charge is 0.314 e. The van der Waals surface area contributed by atoms with Crippen LogP contribution in [-0.2, 0) is 12.7 Å². The Balaban J connectivity index is 1.48. The molecule has 2 aliphatic heterocycles. The van der Waals surface area contributed by atoms with Crippen LogP contribution < -0.4 is 5.32 Å². The predicted octanol–water partition coefficient (Wildman–Crippen LogP) is 1.97. The normalized spacial score (nSPS) is 22.4. The van der Waals surface area contributed by atoms with Gasteiger partial charge in [0.15, 0.2) is 0 Å². The van der Waals surface area contributed by atoms with Gasteiger partial charge in [0, 0.05) is 45.0 Å². The van der Waals surface area contributed by atoms with Crippen LogP contribution in [0.5, 0.6) is 0 Å². The molecule has 1 aromatic rings. The fourth-order valence-electron chi connectivity index (χ4n) is 3.43. The van der Waals surface area contributed by atoms with Gasteiger partial charge in [-0.2, -0.15) is 13.2 Å². The second-order valence-corrected chi connectivity index (χ2v) is 6.34. The van der Waals surface area contributed by atoms with E-state index in [4.69, 9.17) is 0 Å². The largest absolute Gasteiger partial charge is 0.433 e. The number of aromatic nitrogens is 1. The number of hydrogen-bond donors (Lipinski definition) is 1. The second kappa shape index (κ2) is 7.15. The Morgan fingerprint density at radius 2 is 1.78 bits per heavy atom.